The smallest absolute Gasteiger partial charge is 0.137 e. The lowest BCUT2D eigenvalue weighted by atomic mass is 9.92. The zero-order valence-corrected chi connectivity index (χ0v) is 18.8. The molecule has 1 heterocycles. The molecular weight excluding hydrogens is 408 g/mol. The number of halogens is 1. The van der Waals surface area contributed by atoms with E-state index in [-0.39, 0.29) is 6.04 Å². The Morgan fingerprint density at radius 3 is 2.39 bits per heavy atom. The summed E-state index contributed by atoms with van der Waals surface area (Å²) in [6.07, 6.45) is 0.599. The van der Waals surface area contributed by atoms with Gasteiger partial charge in [0.1, 0.15) is 11.6 Å². The number of amidine groups is 1. The standard InChI is InChI=1S/C26H27ClN2O2/c1-26(2,30)15-16-29-24(18-7-5-4-6-8-18)22-17-20(27)11-14-23(22)28-25(29)19-9-12-21(31-3)13-10-19/h4-14,17,24,30H,15-16H2,1-3H3. The van der Waals surface area contributed by atoms with Crippen molar-refractivity contribution in [3.05, 3.63) is 94.5 Å². The van der Waals surface area contributed by atoms with Gasteiger partial charge in [0.25, 0.3) is 0 Å². The molecule has 4 nitrogen and oxygen atoms in total. The maximum Gasteiger partial charge on any atom is 0.137 e. The normalized spacial score (nSPS) is 16.0. The Labute approximate surface area is 188 Å². The van der Waals surface area contributed by atoms with Crippen LogP contribution in [0.5, 0.6) is 5.75 Å². The van der Waals surface area contributed by atoms with Crippen molar-refractivity contribution >= 4 is 23.1 Å². The summed E-state index contributed by atoms with van der Waals surface area (Å²) in [4.78, 5) is 7.30. The predicted molar refractivity (Wildman–Crippen MR) is 127 cm³/mol. The van der Waals surface area contributed by atoms with Crippen LogP contribution in [0.15, 0.2) is 77.8 Å². The van der Waals surface area contributed by atoms with Crippen molar-refractivity contribution in [2.24, 2.45) is 4.99 Å². The van der Waals surface area contributed by atoms with Crippen LogP contribution in [-0.4, -0.2) is 35.1 Å². The van der Waals surface area contributed by atoms with Gasteiger partial charge in [-0.05, 0) is 68.3 Å². The highest BCUT2D eigenvalue weighted by Gasteiger charge is 2.33. The number of ether oxygens (including phenoxy) is 1. The van der Waals surface area contributed by atoms with Crippen molar-refractivity contribution < 1.29 is 9.84 Å². The first-order valence-corrected chi connectivity index (χ1v) is 10.8. The van der Waals surface area contributed by atoms with E-state index >= 15 is 0 Å². The number of hydrogen-bond donors (Lipinski definition) is 1. The minimum absolute atomic E-state index is 0.0631. The van der Waals surface area contributed by atoms with Crippen LogP contribution in [0, 0.1) is 0 Å². The summed E-state index contributed by atoms with van der Waals surface area (Å²) in [6, 6.07) is 24.1. The zero-order chi connectivity index (χ0) is 22.0. The Kier molecular flexibility index (Phi) is 6.03. The number of nitrogens with zero attached hydrogens (tertiary/aromatic N) is 2. The maximum atomic E-state index is 10.5. The largest absolute Gasteiger partial charge is 0.497 e. The summed E-state index contributed by atoms with van der Waals surface area (Å²) in [7, 11) is 1.66. The number of rotatable bonds is 6. The van der Waals surface area contributed by atoms with Crippen molar-refractivity contribution in [1.82, 2.24) is 4.90 Å². The van der Waals surface area contributed by atoms with Gasteiger partial charge in [-0.2, -0.15) is 0 Å². The quantitative estimate of drug-likeness (QED) is 0.518. The first-order valence-electron chi connectivity index (χ1n) is 10.4. The highest BCUT2D eigenvalue weighted by atomic mass is 35.5. The van der Waals surface area contributed by atoms with Gasteiger partial charge in [0, 0.05) is 22.7 Å². The molecule has 5 heteroatoms. The van der Waals surface area contributed by atoms with E-state index in [1.54, 1.807) is 7.11 Å². The monoisotopic (exact) mass is 434 g/mol. The fourth-order valence-corrected chi connectivity index (χ4v) is 4.09. The van der Waals surface area contributed by atoms with Crippen LogP contribution >= 0.6 is 11.6 Å². The van der Waals surface area contributed by atoms with Gasteiger partial charge in [-0.15, -0.1) is 0 Å². The van der Waals surface area contributed by atoms with Gasteiger partial charge in [0.15, 0.2) is 0 Å². The summed E-state index contributed by atoms with van der Waals surface area (Å²) >= 11 is 6.39. The van der Waals surface area contributed by atoms with Crippen molar-refractivity contribution in [2.45, 2.75) is 31.9 Å². The minimum Gasteiger partial charge on any atom is -0.497 e. The van der Waals surface area contributed by atoms with Crippen LogP contribution in [-0.2, 0) is 0 Å². The molecule has 0 aliphatic carbocycles. The van der Waals surface area contributed by atoms with Gasteiger partial charge < -0.3 is 14.7 Å². The molecule has 31 heavy (non-hydrogen) atoms. The van der Waals surface area contributed by atoms with E-state index in [0.29, 0.717) is 18.0 Å². The highest BCUT2D eigenvalue weighted by Crippen LogP contribution is 2.42. The molecule has 0 radical (unpaired) electrons. The molecule has 1 N–H and O–H groups in total. The molecule has 3 aromatic rings. The second kappa shape index (κ2) is 8.74. The summed E-state index contributed by atoms with van der Waals surface area (Å²) < 4.78 is 5.33. The maximum absolute atomic E-state index is 10.5. The molecule has 0 fully saturated rings. The number of aliphatic imine (C=N–C) groups is 1. The molecule has 0 saturated heterocycles. The van der Waals surface area contributed by atoms with Crippen molar-refractivity contribution in [1.29, 1.82) is 0 Å². The summed E-state index contributed by atoms with van der Waals surface area (Å²) in [5.41, 5.74) is 3.33. The van der Waals surface area contributed by atoms with Crippen molar-refractivity contribution in [3.63, 3.8) is 0 Å². The first kappa shape index (κ1) is 21.4. The summed E-state index contributed by atoms with van der Waals surface area (Å²) in [5.74, 6) is 1.67. The highest BCUT2D eigenvalue weighted by molar-refractivity contribution is 6.30. The second-order valence-electron chi connectivity index (χ2n) is 8.44. The number of fused-ring (bicyclic) bond motifs is 1. The number of methoxy groups -OCH3 is 1. The minimum atomic E-state index is -0.791. The zero-order valence-electron chi connectivity index (χ0n) is 18.0. The van der Waals surface area contributed by atoms with E-state index in [4.69, 9.17) is 21.3 Å². The lowest BCUT2D eigenvalue weighted by Gasteiger charge is -2.40. The Balaban J connectivity index is 1.88. The molecule has 3 aromatic carbocycles. The van der Waals surface area contributed by atoms with Crippen LogP contribution < -0.4 is 4.74 Å². The Bertz CT molecular complexity index is 1070. The topological polar surface area (TPSA) is 45.1 Å². The van der Waals surface area contributed by atoms with Crippen LogP contribution in [0.3, 0.4) is 0 Å². The van der Waals surface area contributed by atoms with Gasteiger partial charge >= 0.3 is 0 Å². The molecule has 160 valence electrons. The molecule has 0 amide bonds. The van der Waals surface area contributed by atoms with Crippen LogP contribution in [0.4, 0.5) is 5.69 Å². The first-order chi connectivity index (χ1) is 14.9. The van der Waals surface area contributed by atoms with Gasteiger partial charge in [-0.1, -0.05) is 41.9 Å². The van der Waals surface area contributed by atoms with E-state index in [9.17, 15) is 5.11 Å². The van der Waals surface area contributed by atoms with Crippen molar-refractivity contribution in [3.8, 4) is 5.75 Å². The van der Waals surface area contributed by atoms with E-state index < -0.39 is 5.60 Å². The fourth-order valence-electron chi connectivity index (χ4n) is 3.91. The van der Waals surface area contributed by atoms with Crippen LogP contribution in [0.2, 0.25) is 5.02 Å². The average Bonchev–Trinajstić information content (AvgIpc) is 2.77. The molecule has 1 aliphatic rings. The van der Waals surface area contributed by atoms with Gasteiger partial charge in [0.2, 0.25) is 0 Å². The van der Waals surface area contributed by atoms with Gasteiger partial charge in [0.05, 0.1) is 24.4 Å². The fraction of sp³-hybridized carbons (Fsp3) is 0.269. The molecule has 1 aliphatic heterocycles. The summed E-state index contributed by atoms with van der Waals surface area (Å²) in [5, 5.41) is 11.2. The Hall–Kier alpha value is -2.82. The van der Waals surface area contributed by atoms with Crippen LogP contribution in [0.1, 0.15) is 43.0 Å². The third kappa shape index (κ3) is 4.76. The number of hydrogen-bond acceptors (Lipinski definition) is 4. The number of aliphatic hydroxyl groups is 1. The molecule has 0 saturated carbocycles. The average molecular weight is 435 g/mol. The summed E-state index contributed by atoms with van der Waals surface area (Å²) in [6.45, 7) is 4.31. The lowest BCUT2D eigenvalue weighted by molar-refractivity contribution is 0.0624. The van der Waals surface area contributed by atoms with E-state index in [1.807, 2.05) is 74.5 Å². The second-order valence-corrected chi connectivity index (χ2v) is 8.87. The Morgan fingerprint density at radius 1 is 1.03 bits per heavy atom. The van der Waals surface area contributed by atoms with E-state index in [2.05, 4.69) is 17.0 Å². The molecule has 0 spiro atoms. The molecular formula is C26H27ClN2O2. The molecule has 1 atom stereocenters. The van der Waals surface area contributed by atoms with Crippen molar-refractivity contribution in [2.75, 3.05) is 13.7 Å². The predicted octanol–water partition coefficient (Wildman–Crippen LogP) is 5.99. The van der Waals surface area contributed by atoms with E-state index in [0.717, 1.165) is 34.0 Å². The van der Waals surface area contributed by atoms with Gasteiger partial charge in [-0.25, -0.2) is 4.99 Å². The van der Waals surface area contributed by atoms with Gasteiger partial charge in [-0.3, -0.25) is 0 Å². The van der Waals surface area contributed by atoms with Crippen LogP contribution in [0.25, 0.3) is 0 Å². The third-order valence-electron chi connectivity index (χ3n) is 5.52. The number of benzene rings is 3. The Morgan fingerprint density at radius 2 is 1.74 bits per heavy atom. The molecule has 0 bridgehead atoms. The molecule has 0 aromatic heterocycles. The van der Waals surface area contributed by atoms with E-state index in [1.165, 1.54) is 0 Å². The SMILES string of the molecule is COc1ccc(C2=Nc3ccc(Cl)cc3C(c3ccccc3)N2CCC(C)(C)O)cc1. The lowest BCUT2D eigenvalue weighted by Crippen LogP contribution is -2.41. The molecule has 4 rings (SSSR count). The molecule has 1 unspecified atom stereocenters. The third-order valence-corrected chi connectivity index (χ3v) is 5.76.